The molecule has 4 nitrogen and oxygen atoms in total. The monoisotopic (exact) mass is 275 g/mol. The molecule has 3 N–H and O–H groups in total. The van der Waals surface area contributed by atoms with Crippen LogP contribution in [0.5, 0.6) is 5.75 Å². The number of nitrogens with two attached hydrogens (primary N) is 1. The standard InChI is InChI=1S/C12H15ClFNO3/c1-12(2,11(17)18-3)10(15)7-4-6(13)5-8(14)9(7)16/h4-5,10,16H,15H2,1-3H3/t10-/m1/s1. The number of esters is 1. The van der Waals surface area contributed by atoms with Gasteiger partial charge in [-0.3, -0.25) is 4.79 Å². The molecule has 0 aliphatic rings. The van der Waals surface area contributed by atoms with Gasteiger partial charge >= 0.3 is 5.97 Å². The number of carbonyl (C=O) groups excluding carboxylic acids is 1. The molecule has 1 aromatic rings. The van der Waals surface area contributed by atoms with Crippen LogP contribution in [0.15, 0.2) is 12.1 Å². The van der Waals surface area contributed by atoms with Crippen molar-refractivity contribution in [2.45, 2.75) is 19.9 Å². The van der Waals surface area contributed by atoms with E-state index >= 15 is 0 Å². The summed E-state index contributed by atoms with van der Waals surface area (Å²) >= 11 is 5.71. The van der Waals surface area contributed by atoms with E-state index in [9.17, 15) is 14.3 Å². The molecule has 0 bridgehead atoms. The summed E-state index contributed by atoms with van der Waals surface area (Å²) in [5.41, 5.74) is 4.85. The van der Waals surface area contributed by atoms with E-state index in [1.165, 1.54) is 13.2 Å². The number of hydrogen-bond donors (Lipinski definition) is 2. The topological polar surface area (TPSA) is 72.5 Å². The molecule has 0 radical (unpaired) electrons. The van der Waals surface area contributed by atoms with Crippen molar-refractivity contribution in [3.8, 4) is 5.75 Å². The lowest BCUT2D eigenvalue weighted by atomic mass is 9.80. The molecule has 0 spiro atoms. The molecule has 0 amide bonds. The lowest BCUT2D eigenvalue weighted by Gasteiger charge is -2.29. The van der Waals surface area contributed by atoms with E-state index in [1.807, 2.05) is 0 Å². The molecule has 0 fully saturated rings. The molecule has 0 aliphatic carbocycles. The van der Waals surface area contributed by atoms with Crippen LogP contribution in [-0.4, -0.2) is 18.2 Å². The Kier molecular flexibility index (Phi) is 4.19. The van der Waals surface area contributed by atoms with Gasteiger partial charge in [0, 0.05) is 16.6 Å². The van der Waals surface area contributed by atoms with Crippen molar-refractivity contribution in [1.29, 1.82) is 0 Å². The minimum absolute atomic E-state index is 0.0652. The van der Waals surface area contributed by atoms with Crippen molar-refractivity contribution in [3.05, 3.63) is 28.5 Å². The van der Waals surface area contributed by atoms with Crippen molar-refractivity contribution < 1.29 is 19.0 Å². The van der Waals surface area contributed by atoms with Gasteiger partial charge in [-0.05, 0) is 26.0 Å². The number of methoxy groups -OCH3 is 1. The van der Waals surface area contributed by atoms with Gasteiger partial charge in [-0.15, -0.1) is 0 Å². The Morgan fingerprint density at radius 1 is 1.56 bits per heavy atom. The summed E-state index contributed by atoms with van der Waals surface area (Å²) < 4.78 is 18.0. The van der Waals surface area contributed by atoms with Gasteiger partial charge in [-0.25, -0.2) is 4.39 Å². The average Bonchev–Trinajstić information content (AvgIpc) is 2.31. The van der Waals surface area contributed by atoms with Crippen molar-refractivity contribution in [2.75, 3.05) is 7.11 Å². The van der Waals surface area contributed by atoms with Gasteiger partial charge in [0.15, 0.2) is 11.6 Å². The Labute approximate surface area is 109 Å². The second-order valence-electron chi connectivity index (χ2n) is 4.52. The van der Waals surface area contributed by atoms with Crippen LogP contribution < -0.4 is 5.73 Å². The molecular weight excluding hydrogens is 261 g/mol. The van der Waals surface area contributed by atoms with Crippen LogP contribution in [0.1, 0.15) is 25.5 Å². The second-order valence-corrected chi connectivity index (χ2v) is 4.95. The van der Waals surface area contributed by atoms with Crippen LogP contribution in [0.25, 0.3) is 0 Å². The fraction of sp³-hybridized carbons (Fsp3) is 0.417. The quantitative estimate of drug-likeness (QED) is 0.831. The molecule has 6 heteroatoms. The van der Waals surface area contributed by atoms with E-state index in [4.69, 9.17) is 17.3 Å². The summed E-state index contributed by atoms with van der Waals surface area (Å²) in [6.07, 6.45) is 0. The Bertz CT molecular complexity index is 477. The first-order chi connectivity index (χ1) is 8.21. The third-order valence-electron chi connectivity index (χ3n) is 2.88. The van der Waals surface area contributed by atoms with Crippen LogP contribution in [-0.2, 0) is 9.53 Å². The summed E-state index contributed by atoms with van der Waals surface area (Å²) in [6, 6.07) is 1.35. The summed E-state index contributed by atoms with van der Waals surface area (Å²) in [7, 11) is 1.23. The molecule has 1 aromatic carbocycles. The number of benzene rings is 1. The van der Waals surface area contributed by atoms with Gasteiger partial charge < -0.3 is 15.6 Å². The highest BCUT2D eigenvalue weighted by atomic mass is 35.5. The maximum Gasteiger partial charge on any atom is 0.313 e. The fourth-order valence-electron chi connectivity index (χ4n) is 1.60. The molecular formula is C12H15ClFNO3. The smallest absolute Gasteiger partial charge is 0.313 e. The maximum absolute atomic E-state index is 13.4. The van der Waals surface area contributed by atoms with Gasteiger partial charge in [0.25, 0.3) is 0 Å². The third kappa shape index (κ3) is 2.57. The first-order valence-electron chi connectivity index (χ1n) is 5.23. The molecule has 100 valence electrons. The van der Waals surface area contributed by atoms with E-state index in [0.717, 1.165) is 6.07 Å². The minimum Gasteiger partial charge on any atom is -0.505 e. The van der Waals surface area contributed by atoms with E-state index in [1.54, 1.807) is 13.8 Å². The van der Waals surface area contributed by atoms with Gasteiger partial charge in [0.1, 0.15) is 0 Å². The number of phenols is 1. The fourth-order valence-corrected chi connectivity index (χ4v) is 1.82. The lowest BCUT2D eigenvalue weighted by Crippen LogP contribution is -2.37. The highest BCUT2D eigenvalue weighted by Gasteiger charge is 2.38. The Morgan fingerprint density at radius 2 is 2.11 bits per heavy atom. The zero-order valence-electron chi connectivity index (χ0n) is 10.3. The maximum atomic E-state index is 13.4. The predicted molar refractivity (Wildman–Crippen MR) is 65.8 cm³/mol. The van der Waals surface area contributed by atoms with Crippen LogP contribution in [0.2, 0.25) is 5.02 Å². The summed E-state index contributed by atoms with van der Waals surface area (Å²) in [5.74, 6) is -2.05. The molecule has 0 aliphatic heterocycles. The summed E-state index contributed by atoms with van der Waals surface area (Å²) in [6.45, 7) is 3.09. The van der Waals surface area contributed by atoms with E-state index in [2.05, 4.69) is 4.74 Å². The number of aromatic hydroxyl groups is 1. The molecule has 1 atom stereocenters. The van der Waals surface area contributed by atoms with Crippen LogP contribution >= 0.6 is 11.6 Å². The Morgan fingerprint density at radius 3 is 2.61 bits per heavy atom. The van der Waals surface area contributed by atoms with E-state index in [0.29, 0.717) is 0 Å². The highest BCUT2D eigenvalue weighted by molar-refractivity contribution is 6.30. The molecule has 0 aromatic heterocycles. The number of carbonyl (C=O) groups is 1. The molecule has 0 heterocycles. The number of phenolic OH excluding ortho intramolecular Hbond substituents is 1. The predicted octanol–water partition coefficient (Wildman–Crippen LogP) is 2.38. The number of rotatable bonds is 3. The first-order valence-corrected chi connectivity index (χ1v) is 5.61. The number of hydrogen-bond acceptors (Lipinski definition) is 4. The van der Waals surface area contributed by atoms with Gasteiger partial charge in [0.05, 0.1) is 12.5 Å². The zero-order valence-corrected chi connectivity index (χ0v) is 11.1. The average molecular weight is 276 g/mol. The minimum atomic E-state index is -1.12. The number of halogens is 2. The SMILES string of the molecule is COC(=O)C(C)(C)[C@H](N)c1cc(Cl)cc(F)c1O. The second kappa shape index (κ2) is 5.12. The lowest BCUT2D eigenvalue weighted by molar-refractivity contribution is -0.152. The van der Waals surface area contributed by atoms with Crippen molar-refractivity contribution >= 4 is 17.6 Å². The molecule has 1 rings (SSSR count). The van der Waals surface area contributed by atoms with Gasteiger partial charge in [0.2, 0.25) is 0 Å². The van der Waals surface area contributed by atoms with E-state index in [-0.39, 0.29) is 10.6 Å². The van der Waals surface area contributed by atoms with E-state index < -0.39 is 29.0 Å². The number of ether oxygens (including phenoxy) is 1. The molecule has 18 heavy (non-hydrogen) atoms. The Balaban J connectivity index is 3.26. The van der Waals surface area contributed by atoms with Crippen LogP contribution in [0.4, 0.5) is 4.39 Å². The van der Waals surface area contributed by atoms with Crippen LogP contribution in [0, 0.1) is 11.2 Å². The highest BCUT2D eigenvalue weighted by Crippen LogP contribution is 2.38. The summed E-state index contributed by atoms with van der Waals surface area (Å²) in [5, 5.41) is 9.74. The van der Waals surface area contributed by atoms with Crippen LogP contribution in [0.3, 0.4) is 0 Å². The molecule has 0 saturated carbocycles. The largest absolute Gasteiger partial charge is 0.505 e. The third-order valence-corrected chi connectivity index (χ3v) is 3.10. The van der Waals surface area contributed by atoms with Crippen molar-refractivity contribution in [2.24, 2.45) is 11.1 Å². The van der Waals surface area contributed by atoms with Gasteiger partial charge in [-0.2, -0.15) is 0 Å². The Hall–Kier alpha value is -1.33. The normalized spacial score (nSPS) is 13.2. The van der Waals surface area contributed by atoms with Crippen molar-refractivity contribution in [1.82, 2.24) is 0 Å². The molecule has 0 saturated heterocycles. The van der Waals surface area contributed by atoms with Gasteiger partial charge in [-0.1, -0.05) is 11.6 Å². The summed E-state index contributed by atoms with van der Waals surface area (Å²) in [4.78, 5) is 11.6. The molecule has 0 unspecified atom stereocenters. The zero-order chi connectivity index (χ0) is 14.1. The van der Waals surface area contributed by atoms with Crippen molar-refractivity contribution in [3.63, 3.8) is 0 Å². The first kappa shape index (κ1) is 14.7.